The van der Waals surface area contributed by atoms with Crippen LogP contribution in [0.4, 0.5) is 0 Å². The van der Waals surface area contributed by atoms with E-state index in [1.807, 2.05) is 12.3 Å². The average molecular weight is 564 g/mol. The van der Waals surface area contributed by atoms with E-state index in [1.54, 1.807) is 39.0 Å². The van der Waals surface area contributed by atoms with Gasteiger partial charge in [-0.1, -0.05) is 111 Å². The van der Waals surface area contributed by atoms with Crippen LogP contribution in [0.2, 0.25) is 0 Å². The number of fused-ring (bicyclic) bond motifs is 4. The molecule has 1 aromatic carbocycles. The second-order valence-electron chi connectivity index (χ2n) is 13.1. The Morgan fingerprint density at radius 2 is 1.60 bits per heavy atom. The van der Waals surface area contributed by atoms with E-state index in [1.165, 1.54) is 69.9 Å². The summed E-state index contributed by atoms with van der Waals surface area (Å²) in [4.78, 5) is 0. The Morgan fingerprint density at radius 1 is 0.791 bits per heavy atom. The molecule has 6 aliphatic rings. The van der Waals surface area contributed by atoms with Gasteiger partial charge in [-0.05, 0) is 126 Å². The predicted molar refractivity (Wildman–Crippen MR) is 183 cm³/mol. The van der Waals surface area contributed by atoms with E-state index in [4.69, 9.17) is 0 Å². The molecule has 1 N–H and O–H groups in total. The van der Waals surface area contributed by atoms with Crippen molar-refractivity contribution in [2.45, 2.75) is 77.0 Å². The second-order valence-corrected chi connectivity index (χ2v) is 13.1. The monoisotopic (exact) mass is 563 g/mol. The molecule has 1 fully saturated rings. The fourth-order valence-corrected chi connectivity index (χ4v) is 8.49. The number of benzene rings is 1. The molecule has 1 heteroatoms. The van der Waals surface area contributed by atoms with Gasteiger partial charge in [-0.15, -0.1) is 0 Å². The van der Waals surface area contributed by atoms with Crippen LogP contribution in [0.1, 0.15) is 82.6 Å². The number of nitrogens with one attached hydrogen (secondary N) is 1. The van der Waals surface area contributed by atoms with Crippen LogP contribution in [0.3, 0.4) is 0 Å². The van der Waals surface area contributed by atoms with Crippen molar-refractivity contribution in [1.29, 1.82) is 0 Å². The van der Waals surface area contributed by atoms with Gasteiger partial charge >= 0.3 is 0 Å². The molecule has 1 nitrogen and oxygen atoms in total. The van der Waals surface area contributed by atoms with E-state index in [0.29, 0.717) is 11.3 Å². The van der Waals surface area contributed by atoms with Gasteiger partial charge in [-0.3, -0.25) is 0 Å². The molecule has 7 rings (SSSR count). The van der Waals surface area contributed by atoms with E-state index in [-0.39, 0.29) is 0 Å². The Morgan fingerprint density at radius 3 is 2.40 bits per heavy atom. The molecular formula is C42H45N. The quantitative estimate of drug-likeness (QED) is 0.325. The van der Waals surface area contributed by atoms with Gasteiger partial charge in [0.05, 0.1) is 0 Å². The predicted octanol–water partition coefficient (Wildman–Crippen LogP) is 11.1. The zero-order valence-corrected chi connectivity index (χ0v) is 25.6. The molecule has 1 unspecified atom stereocenters. The van der Waals surface area contributed by atoms with Crippen molar-refractivity contribution in [3.63, 3.8) is 0 Å². The summed E-state index contributed by atoms with van der Waals surface area (Å²) in [6.07, 6.45) is 42.7. The van der Waals surface area contributed by atoms with Crippen molar-refractivity contribution in [2.75, 3.05) is 0 Å². The lowest BCUT2D eigenvalue weighted by Crippen LogP contribution is -2.33. The first-order chi connectivity index (χ1) is 21.2. The summed E-state index contributed by atoms with van der Waals surface area (Å²) in [5, 5.41) is 3.51. The van der Waals surface area contributed by atoms with Crippen molar-refractivity contribution in [3.8, 4) is 0 Å². The molecule has 0 radical (unpaired) electrons. The topological polar surface area (TPSA) is 12.0 Å². The van der Waals surface area contributed by atoms with Gasteiger partial charge in [0.2, 0.25) is 0 Å². The molecule has 218 valence electrons. The fraction of sp³-hybridized carbons (Fsp3) is 0.333. The zero-order valence-electron chi connectivity index (χ0n) is 25.6. The van der Waals surface area contributed by atoms with E-state index in [2.05, 4.69) is 103 Å². The van der Waals surface area contributed by atoms with E-state index < -0.39 is 0 Å². The van der Waals surface area contributed by atoms with Gasteiger partial charge in [-0.2, -0.15) is 0 Å². The van der Waals surface area contributed by atoms with E-state index >= 15 is 0 Å². The van der Waals surface area contributed by atoms with E-state index in [9.17, 15) is 0 Å². The Hall–Kier alpha value is -3.84. The first-order valence-electron chi connectivity index (χ1n) is 16.7. The van der Waals surface area contributed by atoms with Crippen LogP contribution < -0.4 is 5.32 Å². The number of rotatable bonds is 7. The van der Waals surface area contributed by atoms with Gasteiger partial charge < -0.3 is 5.32 Å². The van der Waals surface area contributed by atoms with Crippen molar-refractivity contribution in [2.24, 2.45) is 11.3 Å². The third-order valence-corrected chi connectivity index (χ3v) is 10.8. The largest absolute Gasteiger partial charge is 0.365 e. The number of hydrogen-bond acceptors (Lipinski definition) is 1. The standard InChI is InChI=1S/C42H45N/c1-31(32-14-5-2-6-15-32)13-9-12-28-43-37-22-18-34(19-23-37)36-21-25-39-38-24-20-35(33-16-7-3-8-17-33)29-40(38)42(41(39)30-36)26-10-4-11-27-42/h2-3,5-7,9,12-16,18,20,22,24,28,30,40,43H,1,4,8,10-11,17,19,21,23,25-27,29H2/b13-9-,28-12-. The molecule has 0 heterocycles. The number of hydrogen-bond donors (Lipinski definition) is 1. The summed E-state index contributed by atoms with van der Waals surface area (Å²) >= 11 is 0. The highest BCUT2D eigenvalue weighted by atomic mass is 14.8. The van der Waals surface area contributed by atoms with Crippen molar-refractivity contribution in [1.82, 2.24) is 5.32 Å². The Kier molecular flexibility index (Phi) is 8.07. The molecule has 6 aliphatic carbocycles. The maximum Gasteiger partial charge on any atom is 0.0150 e. The first kappa shape index (κ1) is 28.0. The highest BCUT2D eigenvalue weighted by molar-refractivity contribution is 5.72. The second kappa shape index (κ2) is 12.4. The lowest BCUT2D eigenvalue weighted by Gasteiger charge is -2.43. The third kappa shape index (κ3) is 5.63. The van der Waals surface area contributed by atoms with Crippen LogP contribution in [-0.4, -0.2) is 0 Å². The molecule has 1 spiro atoms. The SMILES string of the molecule is C=C(/C=C\C=C/NC1=CC=C(C2=CC3=C(CC2)C2=CC=C(C4=CC=CCC4)CC2C32CCCCC2)CC1)c1ccccc1. The normalized spacial score (nSPS) is 24.6. The minimum atomic E-state index is 0.359. The minimum Gasteiger partial charge on any atom is -0.365 e. The summed E-state index contributed by atoms with van der Waals surface area (Å²) in [5.74, 6) is 0.682. The van der Waals surface area contributed by atoms with Gasteiger partial charge in [-0.25, -0.2) is 0 Å². The van der Waals surface area contributed by atoms with Crippen molar-refractivity contribution < 1.29 is 0 Å². The Labute approximate surface area is 258 Å². The molecule has 1 atom stereocenters. The number of allylic oxidation sites excluding steroid dienone is 20. The molecule has 1 saturated carbocycles. The molecule has 0 bridgehead atoms. The molecule has 0 amide bonds. The van der Waals surface area contributed by atoms with Crippen LogP contribution in [0.25, 0.3) is 5.57 Å². The molecule has 0 aliphatic heterocycles. The minimum absolute atomic E-state index is 0.359. The summed E-state index contributed by atoms with van der Waals surface area (Å²) in [5.41, 5.74) is 15.3. The molecule has 1 aromatic rings. The maximum atomic E-state index is 4.18. The lowest BCUT2D eigenvalue weighted by molar-refractivity contribution is 0.181. The van der Waals surface area contributed by atoms with Crippen LogP contribution in [0.15, 0.2) is 155 Å². The summed E-state index contributed by atoms with van der Waals surface area (Å²) < 4.78 is 0. The lowest BCUT2D eigenvalue weighted by atomic mass is 9.61. The zero-order chi connectivity index (χ0) is 29.1. The Balaban J connectivity index is 1.07. The Bertz CT molecular complexity index is 1580. The van der Waals surface area contributed by atoms with Crippen molar-refractivity contribution >= 4 is 5.57 Å². The fourth-order valence-electron chi connectivity index (χ4n) is 8.49. The van der Waals surface area contributed by atoms with Crippen LogP contribution >= 0.6 is 0 Å². The summed E-state index contributed by atoms with van der Waals surface area (Å²) in [7, 11) is 0. The highest BCUT2D eigenvalue weighted by Gasteiger charge is 2.51. The van der Waals surface area contributed by atoms with Gasteiger partial charge in [0.15, 0.2) is 0 Å². The molecule has 0 aromatic heterocycles. The summed E-state index contributed by atoms with van der Waals surface area (Å²) in [6.45, 7) is 4.18. The smallest absolute Gasteiger partial charge is 0.0150 e. The molecule has 0 saturated heterocycles. The van der Waals surface area contributed by atoms with Gasteiger partial charge in [0.1, 0.15) is 0 Å². The van der Waals surface area contributed by atoms with Gasteiger partial charge in [0.25, 0.3) is 0 Å². The average Bonchev–Trinajstić information content (AvgIpc) is 3.33. The van der Waals surface area contributed by atoms with E-state index in [0.717, 1.165) is 24.0 Å². The van der Waals surface area contributed by atoms with Crippen LogP contribution in [0.5, 0.6) is 0 Å². The molecular weight excluding hydrogens is 518 g/mol. The maximum absolute atomic E-state index is 4.18. The van der Waals surface area contributed by atoms with Crippen molar-refractivity contribution in [3.05, 3.63) is 160 Å². The molecule has 43 heavy (non-hydrogen) atoms. The van der Waals surface area contributed by atoms with Crippen LogP contribution in [-0.2, 0) is 0 Å². The van der Waals surface area contributed by atoms with Gasteiger partial charge in [0, 0.05) is 17.3 Å². The first-order valence-corrected chi connectivity index (χ1v) is 16.7. The highest BCUT2D eigenvalue weighted by Crippen LogP contribution is 2.63. The van der Waals surface area contributed by atoms with Crippen LogP contribution in [0, 0.1) is 11.3 Å². The third-order valence-electron chi connectivity index (χ3n) is 10.8. The summed E-state index contributed by atoms with van der Waals surface area (Å²) in [6, 6.07) is 10.3.